The number of benzene rings is 2. The number of hydrogen-bond donors (Lipinski definition) is 0. The van der Waals surface area contributed by atoms with E-state index in [-0.39, 0.29) is 5.75 Å². The third kappa shape index (κ3) is 4.84. The Hall–Kier alpha value is -2.38. The third-order valence-electron chi connectivity index (χ3n) is 5.44. The SMILES string of the molecule is Cc1ccc(N2CCN(CCn3ccc4cc(Cl)ccc43)CC2)c(OC(F)(F)F)c1. The summed E-state index contributed by atoms with van der Waals surface area (Å²) in [6.07, 6.45) is -2.64. The zero-order valence-corrected chi connectivity index (χ0v) is 17.4. The number of hydrogen-bond acceptors (Lipinski definition) is 3. The van der Waals surface area contributed by atoms with E-state index in [1.54, 1.807) is 13.0 Å². The van der Waals surface area contributed by atoms with Crippen LogP contribution in [-0.2, 0) is 6.54 Å². The van der Waals surface area contributed by atoms with Gasteiger partial charge in [0.15, 0.2) is 5.75 Å². The summed E-state index contributed by atoms with van der Waals surface area (Å²) in [6, 6.07) is 12.9. The van der Waals surface area contributed by atoms with Crippen molar-refractivity contribution in [3.8, 4) is 5.75 Å². The van der Waals surface area contributed by atoms with E-state index >= 15 is 0 Å². The van der Waals surface area contributed by atoms with Gasteiger partial charge in [0.25, 0.3) is 0 Å². The molecular formula is C22H23ClF3N3O. The van der Waals surface area contributed by atoms with Crippen molar-refractivity contribution in [2.45, 2.75) is 19.8 Å². The molecule has 1 saturated heterocycles. The lowest BCUT2D eigenvalue weighted by Crippen LogP contribution is -2.47. The first-order valence-electron chi connectivity index (χ1n) is 9.87. The number of halogens is 4. The molecular weight excluding hydrogens is 415 g/mol. The second-order valence-electron chi connectivity index (χ2n) is 7.56. The molecule has 160 valence electrons. The summed E-state index contributed by atoms with van der Waals surface area (Å²) in [5.41, 5.74) is 2.37. The fraction of sp³-hybridized carbons (Fsp3) is 0.364. The van der Waals surface area contributed by atoms with Crippen LogP contribution in [0.5, 0.6) is 5.75 Å². The first kappa shape index (κ1) is 20.9. The molecule has 3 aromatic rings. The van der Waals surface area contributed by atoms with Gasteiger partial charge in [0.05, 0.1) is 5.69 Å². The summed E-state index contributed by atoms with van der Waals surface area (Å²) in [5, 5.41) is 1.84. The van der Waals surface area contributed by atoms with Gasteiger partial charge in [-0.15, -0.1) is 13.2 Å². The van der Waals surface area contributed by atoms with Crippen molar-refractivity contribution in [1.82, 2.24) is 9.47 Å². The highest BCUT2D eigenvalue weighted by atomic mass is 35.5. The van der Waals surface area contributed by atoms with E-state index in [4.69, 9.17) is 11.6 Å². The summed E-state index contributed by atoms with van der Waals surface area (Å²) in [4.78, 5) is 4.29. The number of ether oxygens (including phenoxy) is 1. The van der Waals surface area contributed by atoms with Gasteiger partial charge in [-0.25, -0.2) is 0 Å². The van der Waals surface area contributed by atoms with Crippen LogP contribution in [0.4, 0.5) is 18.9 Å². The number of piperazine rings is 1. The fourth-order valence-electron chi connectivity index (χ4n) is 3.92. The van der Waals surface area contributed by atoms with E-state index in [0.29, 0.717) is 18.8 Å². The number of aryl methyl sites for hydroxylation is 1. The molecule has 1 fully saturated rings. The molecule has 0 bridgehead atoms. The quantitative estimate of drug-likeness (QED) is 0.538. The zero-order valence-electron chi connectivity index (χ0n) is 16.6. The molecule has 0 spiro atoms. The highest BCUT2D eigenvalue weighted by Crippen LogP contribution is 2.34. The van der Waals surface area contributed by atoms with Crippen LogP contribution in [0.3, 0.4) is 0 Å². The van der Waals surface area contributed by atoms with E-state index in [1.165, 1.54) is 6.07 Å². The minimum Gasteiger partial charge on any atom is -0.404 e. The Balaban J connectivity index is 1.37. The standard InChI is InChI=1S/C22H23ClF3N3O/c1-16-2-4-20(21(14-16)30-22(24,25)26)29-12-9-27(10-13-29)8-11-28-7-6-17-15-18(23)3-5-19(17)28/h2-7,14-15H,8-13H2,1H3. The van der Waals surface area contributed by atoms with Crippen LogP contribution in [0.15, 0.2) is 48.7 Å². The van der Waals surface area contributed by atoms with Crippen molar-refractivity contribution in [1.29, 1.82) is 0 Å². The summed E-state index contributed by atoms with van der Waals surface area (Å²) in [7, 11) is 0. The molecule has 8 heteroatoms. The summed E-state index contributed by atoms with van der Waals surface area (Å²) < 4.78 is 44.8. The molecule has 30 heavy (non-hydrogen) atoms. The Labute approximate surface area is 178 Å². The van der Waals surface area contributed by atoms with Gasteiger partial charge in [0, 0.05) is 61.4 Å². The first-order valence-corrected chi connectivity index (χ1v) is 10.2. The Morgan fingerprint density at radius 2 is 1.73 bits per heavy atom. The second kappa shape index (κ2) is 8.40. The normalized spacial score (nSPS) is 15.7. The molecule has 0 unspecified atom stereocenters. The lowest BCUT2D eigenvalue weighted by molar-refractivity contribution is -0.274. The van der Waals surface area contributed by atoms with Crippen molar-refractivity contribution in [2.75, 3.05) is 37.6 Å². The topological polar surface area (TPSA) is 20.6 Å². The largest absolute Gasteiger partial charge is 0.573 e. The summed E-state index contributed by atoms with van der Waals surface area (Å²) in [6.45, 7) is 6.34. The highest BCUT2D eigenvalue weighted by Gasteiger charge is 2.33. The van der Waals surface area contributed by atoms with Gasteiger partial charge in [-0.1, -0.05) is 17.7 Å². The van der Waals surface area contributed by atoms with Crippen molar-refractivity contribution in [3.63, 3.8) is 0 Å². The monoisotopic (exact) mass is 437 g/mol. The molecule has 2 aromatic carbocycles. The number of aromatic nitrogens is 1. The Bertz CT molecular complexity index is 1030. The van der Waals surface area contributed by atoms with Gasteiger partial charge in [0.1, 0.15) is 0 Å². The molecule has 0 saturated carbocycles. The molecule has 0 aliphatic carbocycles. The molecule has 1 aliphatic heterocycles. The molecule has 0 amide bonds. The van der Waals surface area contributed by atoms with Crippen molar-refractivity contribution in [2.24, 2.45) is 0 Å². The lowest BCUT2D eigenvalue weighted by atomic mass is 10.1. The molecule has 4 nitrogen and oxygen atoms in total. The van der Waals surface area contributed by atoms with Gasteiger partial charge in [-0.2, -0.15) is 0 Å². The van der Waals surface area contributed by atoms with E-state index < -0.39 is 6.36 Å². The number of alkyl halides is 3. The van der Waals surface area contributed by atoms with Crippen molar-refractivity contribution in [3.05, 3.63) is 59.2 Å². The molecule has 0 radical (unpaired) electrons. The minimum atomic E-state index is -4.70. The van der Waals surface area contributed by atoms with Gasteiger partial charge >= 0.3 is 6.36 Å². The van der Waals surface area contributed by atoms with Crippen molar-refractivity contribution < 1.29 is 17.9 Å². The predicted molar refractivity (Wildman–Crippen MR) is 113 cm³/mol. The molecule has 0 N–H and O–H groups in total. The van der Waals surface area contributed by atoms with E-state index in [1.807, 2.05) is 29.2 Å². The minimum absolute atomic E-state index is 0.131. The number of anilines is 1. The number of rotatable bonds is 5. The first-order chi connectivity index (χ1) is 14.3. The van der Waals surface area contributed by atoms with E-state index in [2.05, 4.69) is 26.5 Å². The van der Waals surface area contributed by atoms with Crippen LogP contribution >= 0.6 is 11.6 Å². The third-order valence-corrected chi connectivity index (χ3v) is 5.68. The van der Waals surface area contributed by atoms with Crippen LogP contribution in [0.25, 0.3) is 10.9 Å². The average molecular weight is 438 g/mol. The maximum atomic E-state index is 12.8. The smallest absolute Gasteiger partial charge is 0.404 e. The van der Waals surface area contributed by atoms with Gasteiger partial charge in [-0.05, 0) is 48.9 Å². The number of nitrogens with zero attached hydrogens (tertiary/aromatic N) is 3. The molecule has 0 atom stereocenters. The summed E-state index contributed by atoms with van der Waals surface area (Å²) in [5.74, 6) is -0.131. The maximum Gasteiger partial charge on any atom is 0.573 e. The van der Waals surface area contributed by atoms with Crippen LogP contribution in [0, 0.1) is 6.92 Å². The van der Waals surface area contributed by atoms with Gasteiger partial charge in [-0.3, -0.25) is 4.90 Å². The highest BCUT2D eigenvalue weighted by molar-refractivity contribution is 6.31. The molecule has 1 aliphatic rings. The van der Waals surface area contributed by atoms with Crippen LogP contribution in [-0.4, -0.2) is 48.6 Å². The zero-order chi connectivity index (χ0) is 21.3. The van der Waals surface area contributed by atoms with Crippen molar-refractivity contribution >= 4 is 28.2 Å². The summed E-state index contributed by atoms with van der Waals surface area (Å²) >= 11 is 6.05. The molecule has 4 rings (SSSR count). The van der Waals surface area contributed by atoms with Crippen LogP contribution in [0.2, 0.25) is 5.02 Å². The Morgan fingerprint density at radius 1 is 0.967 bits per heavy atom. The second-order valence-corrected chi connectivity index (χ2v) is 8.00. The number of fused-ring (bicyclic) bond motifs is 1. The molecule has 2 heterocycles. The van der Waals surface area contributed by atoms with Gasteiger partial charge < -0.3 is 14.2 Å². The van der Waals surface area contributed by atoms with Gasteiger partial charge in [0.2, 0.25) is 0 Å². The Kier molecular flexibility index (Phi) is 5.84. The van der Waals surface area contributed by atoms with E-state index in [0.717, 1.165) is 47.7 Å². The predicted octanol–water partition coefficient (Wildman–Crippen LogP) is 5.32. The van der Waals surface area contributed by atoms with E-state index in [9.17, 15) is 13.2 Å². The van der Waals surface area contributed by atoms with Crippen LogP contribution in [0.1, 0.15) is 5.56 Å². The maximum absolute atomic E-state index is 12.8. The lowest BCUT2D eigenvalue weighted by Gasteiger charge is -2.37. The molecule has 1 aromatic heterocycles. The average Bonchev–Trinajstić information content (AvgIpc) is 3.08. The fourth-order valence-corrected chi connectivity index (χ4v) is 4.10. The Morgan fingerprint density at radius 3 is 2.47 bits per heavy atom. The van der Waals surface area contributed by atoms with Crippen LogP contribution < -0.4 is 9.64 Å².